The minimum atomic E-state index is 0.122. The third-order valence-electron chi connectivity index (χ3n) is 2.23. The standard InChI is InChI=1S/C11H3Cl6N/c12-5-3-4(1-2-18-5)6-7(13)9(15)11(17)10(16)8(6)14/h1-3H. The van der Waals surface area contributed by atoms with Crippen molar-refractivity contribution in [2.75, 3.05) is 0 Å². The zero-order valence-corrected chi connectivity index (χ0v) is 13.0. The fourth-order valence-electron chi connectivity index (χ4n) is 1.42. The monoisotopic (exact) mass is 359 g/mol. The van der Waals surface area contributed by atoms with Gasteiger partial charge in [0, 0.05) is 11.8 Å². The Morgan fingerprint density at radius 1 is 0.722 bits per heavy atom. The van der Waals surface area contributed by atoms with Gasteiger partial charge in [-0.3, -0.25) is 0 Å². The van der Waals surface area contributed by atoms with Crippen molar-refractivity contribution in [1.82, 2.24) is 4.98 Å². The maximum absolute atomic E-state index is 6.14. The van der Waals surface area contributed by atoms with Crippen LogP contribution in [-0.2, 0) is 0 Å². The van der Waals surface area contributed by atoms with Crippen molar-refractivity contribution in [1.29, 1.82) is 0 Å². The van der Waals surface area contributed by atoms with Crippen molar-refractivity contribution >= 4 is 69.6 Å². The van der Waals surface area contributed by atoms with Gasteiger partial charge in [0.25, 0.3) is 0 Å². The molecule has 94 valence electrons. The first kappa shape index (κ1) is 14.5. The van der Waals surface area contributed by atoms with Gasteiger partial charge in [-0.15, -0.1) is 0 Å². The number of benzene rings is 1. The van der Waals surface area contributed by atoms with Crippen LogP contribution in [0.2, 0.25) is 30.3 Å². The van der Waals surface area contributed by atoms with Crippen molar-refractivity contribution in [3.63, 3.8) is 0 Å². The van der Waals surface area contributed by atoms with Crippen molar-refractivity contribution in [2.45, 2.75) is 0 Å². The molecular formula is C11H3Cl6N. The predicted molar refractivity (Wildman–Crippen MR) is 79.7 cm³/mol. The molecule has 0 aliphatic rings. The number of hydrogen-bond acceptors (Lipinski definition) is 1. The molecule has 2 aromatic rings. The molecule has 1 nitrogen and oxygen atoms in total. The van der Waals surface area contributed by atoms with Crippen LogP contribution >= 0.6 is 69.6 Å². The molecule has 0 saturated carbocycles. The quantitative estimate of drug-likeness (QED) is 0.314. The Hall–Kier alpha value is 0.110. The molecule has 0 aliphatic heterocycles. The molecule has 18 heavy (non-hydrogen) atoms. The van der Waals surface area contributed by atoms with Crippen LogP contribution in [0.3, 0.4) is 0 Å². The first-order chi connectivity index (χ1) is 8.43. The average Bonchev–Trinajstić information content (AvgIpc) is 2.34. The Morgan fingerprint density at radius 2 is 1.22 bits per heavy atom. The second-order valence-corrected chi connectivity index (χ2v) is 5.59. The fraction of sp³-hybridized carbons (Fsp3) is 0. The molecule has 0 radical (unpaired) electrons. The van der Waals surface area contributed by atoms with E-state index < -0.39 is 0 Å². The van der Waals surface area contributed by atoms with Crippen LogP contribution in [0.4, 0.5) is 0 Å². The van der Waals surface area contributed by atoms with E-state index in [9.17, 15) is 0 Å². The van der Waals surface area contributed by atoms with Crippen LogP contribution < -0.4 is 0 Å². The highest BCUT2D eigenvalue weighted by atomic mass is 35.5. The van der Waals surface area contributed by atoms with Crippen LogP contribution in [0.15, 0.2) is 18.3 Å². The Bertz CT molecular complexity index is 596. The van der Waals surface area contributed by atoms with E-state index in [-0.39, 0.29) is 25.1 Å². The predicted octanol–water partition coefficient (Wildman–Crippen LogP) is 6.67. The summed E-state index contributed by atoms with van der Waals surface area (Å²) in [6, 6.07) is 3.30. The SMILES string of the molecule is Clc1cc(-c2c(Cl)c(Cl)c(Cl)c(Cl)c2Cl)ccn1. The number of rotatable bonds is 1. The zero-order valence-electron chi connectivity index (χ0n) is 8.45. The van der Waals surface area contributed by atoms with E-state index in [4.69, 9.17) is 69.6 Å². The second kappa shape index (κ2) is 5.62. The normalized spacial score (nSPS) is 10.8. The number of aromatic nitrogens is 1. The van der Waals surface area contributed by atoms with Crippen molar-refractivity contribution in [3.05, 3.63) is 48.6 Å². The van der Waals surface area contributed by atoms with Gasteiger partial charge in [0.1, 0.15) is 5.15 Å². The van der Waals surface area contributed by atoms with Crippen molar-refractivity contribution < 1.29 is 0 Å². The molecule has 0 amide bonds. The molecule has 0 unspecified atom stereocenters. The van der Waals surface area contributed by atoms with Gasteiger partial charge in [-0.1, -0.05) is 69.6 Å². The molecule has 0 spiro atoms. The minimum Gasteiger partial charge on any atom is -0.245 e. The smallest absolute Gasteiger partial charge is 0.129 e. The molecule has 1 heterocycles. The van der Waals surface area contributed by atoms with Gasteiger partial charge in [-0.05, 0) is 17.7 Å². The van der Waals surface area contributed by atoms with Gasteiger partial charge in [0.05, 0.1) is 25.1 Å². The van der Waals surface area contributed by atoms with Gasteiger partial charge in [0.2, 0.25) is 0 Å². The van der Waals surface area contributed by atoms with Crippen molar-refractivity contribution in [2.24, 2.45) is 0 Å². The van der Waals surface area contributed by atoms with E-state index in [1.165, 1.54) is 6.20 Å². The van der Waals surface area contributed by atoms with Crippen LogP contribution in [0.1, 0.15) is 0 Å². The second-order valence-electron chi connectivity index (χ2n) is 3.31. The lowest BCUT2D eigenvalue weighted by molar-refractivity contribution is 1.33. The summed E-state index contributed by atoms with van der Waals surface area (Å²) in [6.45, 7) is 0. The summed E-state index contributed by atoms with van der Waals surface area (Å²) in [7, 11) is 0. The zero-order chi connectivity index (χ0) is 13.4. The summed E-state index contributed by atoms with van der Waals surface area (Å²) in [5.41, 5.74) is 1.13. The Morgan fingerprint density at radius 3 is 1.72 bits per heavy atom. The minimum absolute atomic E-state index is 0.122. The highest BCUT2D eigenvalue weighted by Crippen LogP contribution is 2.48. The van der Waals surface area contributed by atoms with Crippen LogP contribution in [-0.4, -0.2) is 4.98 Å². The molecule has 0 aliphatic carbocycles. The topological polar surface area (TPSA) is 12.9 Å². The molecule has 0 atom stereocenters. The van der Waals surface area contributed by atoms with E-state index in [1.807, 2.05) is 0 Å². The summed E-state index contributed by atoms with van der Waals surface area (Å²) in [5, 5.41) is 1.17. The molecule has 0 bridgehead atoms. The highest BCUT2D eigenvalue weighted by molar-refractivity contribution is 6.56. The lowest BCUT2D eigenvalue weighted by Gasteiger charge is -2.12. The van der Waals surface area contributed by atoms with Gasteiger partial charge < -0.3 is 0 Å². The van der Waals surface area contributed by atoms with Crippen LogP contribution in [0.25, 0.3) is 11.1 Å². The van der Waals surface area contributed by atoms with Crippen LogP contribution in [0, 0.1) is 0 Å². The fourth-order valence-corrected chi connectivity index (χ4v) is 2.95. The number of hydrogen-bond donors (Lipinski definition) is 0. The summed E-state index contributed by atoms with van der Waals surface area (Å²) < 4.78 is 0. The Labute approximate surface area is 134 Å². The Balaban J connectivity index is 2.80. The summed E-state index contributed by atoms with van der Waals surface area (Å²) in [6.07, 6.45) is 1.53. The first-order valence-corrected chi connectivity index (χ1v) is 6.83. The molecule has 1 aromatic carbocycles. The molecule has 0 fully saturated rings. The van der Waals surface area contributed by atoms with E-state index in [0.29, 0.717) is 16.3 Å². The third-order valence-corrected chi connectivity index (χ3v) is 4.71. The largest absolute Gasteiger partial charge is 0.245 e. The summed E-state index contributed by atoms with van der Waals surface area (Å²) >= 11 is 36.0. The van der Waals surface area contributed by atoms with E-state index in [0.717, 1.165) is 0 Å². The summed E-state index contributed by atoms with van der Waals surface area (Å²) in [5.74, 6) is 0. The number of pyridine rings is 1. The lowest BCUT2D eigenvalue weighted by Crippen LogP contribution is -1.87. The third kappa shape index (κ3) is 2.53. The Kier molecular flexibility index (Phi) is 4.53. The molecular weight excluding hydrogens is 359 g/mol. The van der Waals surface area contributed by atoms with Gasteiger partial charge >= 0.3 is 0 Å². The maximum atomic E-state index is 6.14. The summed E-state index contributed by atoms with van der Waals surface area (Å²) in [4.78, 5) is 3.87. The first-order valence-electron chi connectivity index (χ1n) is 4.57. The van der Waals surface area contributed by atoms with E-state index in [2.05, 4.69) is 4.98 Å². The molecule has 2 rings (SSSR count). The number of nitrogens with zero attached hydrogens (tertiary/aromatic N) is 1. The molecule has 0 N–H and O–H groups in total. The molecule has 7 heteroatoms. The van der Waals surface area contributed by atoms with Gasteiger partial charge in [-0.2, -0.15) is 0 Å². The van der Waals surface area contributed by atoms with Gasteiger partial charge in [0.15, 0.2) is 0 Å². The van der Waals surface area contributed by atoms with E-state index >= 15 is 0 Å². The van der Waals surface area contributed by atoms with Crippen LogP contribution in [0.5, 0.6) is 0 Å². The number of halogens is 6. The average molecular weight is 362 g/mol. The van der Waals surface area contributed by atoms with Crippen molar-refractivity contribution in [3.8, 4) is 11.1 Å². The highest BCUT2D eigenvalue weighted by Gasteiger charge is 2.20. The van der Waals surface area contributed by atoms with E-state index in [1.54, 1.807) is 12.1 Å². The molecule has 1 aromatic heterocycles. The maximum Gasteiger partial charge on any atom is 0.129 e. The van der Waals surface area contributed by atoms with Gasteiger partial charge in [-0.25, -0.2) is 4.98 Å². The lowest BCUT2D eigenvalue weighted by atomic mass is 10.1. The molecule has 0 saturated heterocycles.